The third-order valence-electron chi connectivity index (χ3n) is 5.44. The number of aryl methyl sites for hydroxylation is 1. The van der Waals surface area contributed by atoms with Gasteiger partial charge in [-0.15, -0.1) is 11.8 Å². The van der Waals surface area contributed by atoms with Crippen molar-refractivity contribution in [2.75, 3.05) is 17.3 Å². The van der Waals surface area contributed by atoms with E-state index >= 15 is 0 Å². The molecule has 6 nitrogen and oxygen atoms in total. The highest BCUT2D eigenvalue weighted by Crippen LogP contribution is 2.45. The van der Waals surface area contributed by atoms with Crippen molar-refractivity contribution >= 4 is 35.0 Å². The highest BCUT2D eigenvalue weighted by atomic mass is 32.2. The van der Waals surface area contributed by atoms with Crippen LogP contribution in [0.1, 0.15) is 53.6 Å². The van der Waals surface area contributed by atoms with Crippen LogP contribution in [0.3, 0.4) is 0 Å². The normalized spacial score (nSPS) is 17.8. The highest BCUT2D eigenvalue weighted by Gasteiger charge is 2.44. The van der Waals surface area contributed by atoms with Crippen LogP contribution in [0.25, 0.3) is 0 Å². The lowest BCUT2D eigenvalue weighted by molar-refractivity contribution is 0.0909. The summed E-state index contributed by atoms with van der Waals surface area (Å²) in [5.74, 6) is 1.22. The molecule has 1 fully saturated rings. The molecule has 1 spiro atoms. The van der Waals surface area contributed by atoms with Gasteiger partial charge in [-0.05, 0) is 49.3 Å². The first-order valence-corrected chi connectivity index (χ1v) is 10.2. The Bertz CT molecular complexity index is 876. The molecule has 1 aliphatic carbocycles. The van der Waals surface area contributed by atoms with Gasteiger partial charge in [0.1, 0.15) is 18.0 Å². The van der Waals surface area contributed by atoms with Gasteiger partial charge in [0, 0.05) is 11.3 Å². The zero-order chi connectivity index (χ0) is 18.3. The van der Waals surface area contributed by atoms with E-state index in [9.17, 15) is 4.79 Å². The fourth-order valence-corrected chi connectivity index (χ4v) is 4.81. The van der Waals surface area contributed by atoms with Gasteiger partial charge in [-0.1, -0.05) is 19.3 Å². The summed E-state index contributed by atoms with van der Waals surface area (Å²) in [4.78, 5) is 21.8. The molecule has 26 heavy (non-hydrogen) atoms. The SMILES string of the molecule is CSc1c(N)ncnc1Nc1cc(C)c2c(c1)C1(CCCCC1)NC2=O. The Morgan fingerprint density at radius 2 is 2.00 bits per heavy atom. The van der Waals surface area contributed by atoms with E-state index in [0.29, 0.717) is 11.6 Å². The number of rotatable bonds is 3. The molecule has 1 aromatic carbocycles. The van der Waals surface area contributed by atoms with E-state index in [4.69, 9.17) is 5.73 Å². The van der Waals surface area contributed by atoms with Crippen LogP contribution in [0, 0.1) is 6.92 Å². The molecule has 0 radical (unpaired) electrons. The summed E-state index contributed by atoms with van der Waals surface area (Å²) < 4.78 is 0. The van der Waals surface area contributed by atoms with Crippen LogP contribution in [-0.2, 0) is 5.54 Å². The first kappa shape index (κ1) is 17.1. The van der Waals surface area contributed by atoms with Gasteiger partial charge in [-0.2, -0.15) is 0 Å². The van der Waals surface area contributed by atoms with Crippen molar-refractivity contribution < 1.29 is 4.79 Å². The number of aromatic nitrogens is 2. The third kappa shape index (κ3) is 2.70. The summed E-state index contributed by atoms with van der Waals surface area (Å²) in [6.45, 7) is 2.00. The Labute approximate surface area is 157 Å². The highest BCUT2D eigenvalue weighted by molar-refractivity contribution is 7.98. The van der Waals surface area contributed by atoms with Crippen molar-refractivity contribution in [2.24, 2.45) is 0 Å². The van der Waals surface area contributed by atoms with Gasteiger partial charge in [0.05, 0.1) is 10.4 Å². The Kier molecular flexibility index (Phi) is 4.26. The van der Waals surface area contributed by atoms with E-state index < -0.39 is 0 Å². The van der Waals surface area contributed by atoms with E-state index in [1.807, 2.05) is 19.2 Å². The predicted molar refractivity (Wildman–Crippen MR) is 105 cm³/mol. The fourth-order valence-electron chi connectivity index (χ4n) is 4.25. The molecule has 4 N–H and O–H groups in total. The molecule has 0 bridgehead atoms. The molecule has 1 aromatic heterocycles. The smallest absolute Gasteiger partial charge is 0.252 e. The maximum atomic E-state index is 12.6. The monoisotopic (exact) mass is 369 g/mol. The molecule has 0 atom stereocenters. The average molecular weight is 369 g/mol. The number of carbonyl (C=O) groups excluding carboxylic acids is 1. The number of nitrogen functional groups attached to an aromatic ring is 1. The topological polar surface area (TPSA) is 92.9 Å². The minimum Gasteiger partial charge on any atom is -0.383 e. The van der Waals surface area contributed by atoms with Gasteiger partial charge in [-0.25, -0.2) is 9.97 Å². The number of hydrogen-bond acceptors (Lipinski definition) is 6. The van der Waals surface area contributed by atoms with Gasteiger partial charge in [-0.3, -0.25) is 4.79 Å². The molecular formula is C19H23N5OS. The van der Waals surface area contributed by atoms with E-state index in [-0.39, 0.29) is 11.4 Å². The number of benzene rings is 1. The lowest BCUT2D eigenvalue weighted by Crippen LogP contribution is -2.40. The number of anilines is 3. The second-order valence-corrected chi connectivity index (χ2v) is 7.89. The van der Waals surface area contributed by atoms with Gasteiger partial charge in [0.2, 0.25) is 0 Å². The molecule has 4 rings (SSSR count). The number of thioether (sulfide) groups is 1. The zero-order valence-electron chi connectivity index (χ0n) is 15.1. The first-order valence-electron chi connectivity index (χ1n) is 8.93. The molecular weight excluding hydrogens is 346 g/mol. The van der Waals surface area contributed by atoms with Crippen molar-refractivity contribution in [1.82, 2.24) is 15.3 Å². The number of carbonyl (C=O) groups is 1. The van der Waals surface area contributed by atoms with Crippen molar-refractivity contribution in [3.05, 3.63) is 35.2 Å². The molecule has 0 unspecified atom stereocenters. The summed E-state index contributed by atoms with van der Waals surface area (Å²) in [7, 11) is 0. The Hall–Kier alpha value is -2.28. The molecule has 2 heterocycles. The second kappa shape index (κ2) is 6.46. The fraction of sp³-hybridized carbons (Fsp3) is 0.421. The number of nitrogens with one attached hydrogen (secondary N) is 2. The number of fused-ring (bicyclic) bond motifs is 2. The summed E-state index contributed by atoms with van der Waals surface area (Å²) in [5, 5.41) is 6.66. The van der Waals surface area contributed by atoms with Gasteiger partial charge >= 0.3 is 0 Å². The summed E-state index contributed by atoms with van der Waals surface area (Å²) in [5.41, 5.74) is 9.63. The van der Waals surface area contributed by atoms with Crippen LogP contribution in [0.5, 0.6) is 0 Å². The molecule has 136 valence electrons. The number of nitrogens with two attached hydrogens (primary N) is 1. The van der Waals surface area contributed by atoms with Crippen LogP contribution < -0.4 is 16.4 Å². The van der Waals surface area contributed by atoms with Crippen LogP contribution in [0.2, 0.25) is 0 Å². The number of hydrogen-bond donors (Lipinski definition) is 3. The van der Waals surface area contributed by atoms with E-state index in [2.05, 4.69) is 26.7 Å². The van der Waals surface area contributed by atoms with Crippen LogP contribution in [0.15, 0.2) is 23.4 Å². The van der Waals surface area contributed by atoms with Crippen molar-refractivity contribution in [2.45, 2.75) is 49.5 Å². The number of amides is 1. The summed E-state index contributed by atoms with van der Waals surface area (Å²) >= 11 is 1.51. The van der Waals surface area contributed by atoms with Crippen LogP contribution in [-0.4, -0.2) is 22.1 Å². The molecule has 1 amide bonds. The zero-order valence-corrected chi connectivity index (χ0v) is 15.9. The standard InChI is InChI=1S/C19H23N5OS/c1-11-8-12(23-17-15(26-2)16(20)21-10-22-17)9-13-14(11)18(25)24-19(13)6-4-3-5-7-19/h8-10H,3-7H2,1-2H3,(H,24,25)(H3,20,21,22,23). The maximum absolute atomic E-state index is 12.6. The average Bonchev–Trinajstić information content (AvgIpc) is 2.88. The minimum atomic E-state index is -0.208. The van der Waals surface area contributed by atoms with Gasteiger partial charge in [0.15, 0.2) is 0 Å². The van der Waals surface area contributed by atoms with Crippen LogP contribution >= 0.6 is 11.8 Å². The molecule has 2 aliphatic rings. The quantitative estimate of drug-likeness (QED) is 0.714. The minimum absolute atomic E-state index is 0.0574. The largest absolute Gasteiger partial charge is 0.383 e. The third-order valence-corrected chi connectivity index (χ3v) is 6.25. The molecule has 1 aliphatic heterocycles. The van der Waals surface area contributed by atoms with E-state index in [1.54, 1.807) is 0 Å². The van der Waals surface area contributed by atoms with Gasteiger partial charge in [0.25, 0.3) is 5.91 Å². The van der Waals surface area contributed by atoms with Crippen LogP contribution in [0.4, 0.5) is 17.3 Å². The van der Waals surface area contributed by atoms with Gasteiger partial charge < -0.3 is 16.4 Å². The summed E-state index contributed by atoms with van der Waals surface area (Å²) in [6, 6.07) is 4.11. The first-order chi connectivity index (χ1) is 12.5. The Morgan fingerprint density at radius 1 is 1.23 bits per heavy atom. The Morgan fingerprint density at radius 3 is 2.73 bits per heavy atom. The van der Waals surface area contributed by atoms with E-state index in [0.717, 1.165) is 53.0 Å². The second-order valence-electron chi connectivity index (χ2n) is 7.08. The van der Waals surface area contributed by atoms with Crippen molar-refractivity contribution in [1.29, 1.82) is 0 Å². The lowest BCUT2D eigenvalue weighted by atomic mass is 9.77. The summed E-state index contributed by atoms with van der Waals surface area (Å²) in [6.07, 6.45) is 8.96. The molecule has 0 saturated heterocycles. The number of nitrogens with zero attached hydrogens (tertiary/aromatic N) is 2. The molecule has 2 aromatic rings. The van der Waals surface area contributed by atoms with E-state index in [1.165, 1.54) is 24.5 Å². The van der Waals surface area contributed by atoms with Crippen molar-refractivity contribution in [3.63, 3.8) is 0 Å². The molecule has 7 heteroatoms. The Balaban J connectivity index is 1.77. The van der Waals surface area contributed by atoms with Crippen molar-refractivity contribution in [3.8, 4) is 0 Å². The molecule has 1 saturated carbocycles. The predicted octanol–water partition coefficient (Wildman–Crippen LogP) is 3.74. The maximum Gasteiger partial charge on any atom is 0.252 e. The lowest BCUT2D eigenvalue weighted by Gasteiger charge is -2.34.